The van der Waals surface area contributed by atoms with Gasteiger partial charge in [-0.2, -0.15) is 5.10 Å². The lowest BCUT2D eigenvalue weighted by Crippen LogP contribution is -2.22. The minimum absolute atomic E-state index is 0.113. The van der Waals surface area contributed by atoms with E-state index in [0.717, 1.165) is 0 Å². The third kappa shape index (κ3) is 2.21. The summed E-state index contributed by atoms with van der Waals surface area (Å²) in [5, 5.41) is 33.0. The van der Waals surface area contributed by atoms with Crippen molar-refractivity contribution in [3.63, 3.8) is 0 Å². The van der Waals surface area contributed by atoms with E-state index < -0.39 is 24.6 Å². The summed E-state index contributed by atoms with van der Waals surface area (Å²) in [4.78, 5) is 10.2. The number of rotatable bonds is 4. The van der Waals surface area contributed by atoms with E-state index in [4.69, 9.17) is 10.8 Å². The molecule has 14 heavy (non-hydrogen) atoms. The zero-order valence-electron chi connectivity index (χ0n) is 7.21. The Labute approximate surface area is 79.2 Å². The molecule has 0 radical (unpaired) electrons. The summed E-state index contributed by atoms with van der Waals surface area (Å²) in [6, 6.07) is 0. The molecule has 7 heteroatoms. The number of nitrogen functional groups attached to an aromatic ring is 1. The summed E-state index contributed by atoms with van der Waals surface area (Å²) < 4.78 is 0. The SMILES string of the molecule is Nc1[nH]ncc1C(O)C(O)CC(=O)O. The van der Waals surface area contributed by atoms with Crippen LogP contribution in [0.4, 0.5) is 5.82 Å². The number of carbonyl (C=O) groups is 1. The van der Waals surface area contributed by atoms with E-state index in [-0.39, 0.29) is 11.4 Å². The molecule has 6 N–H and O–H groups in total. The maximum absolute atomic E-state index is 10.2. The number of nitrogens with zero attached hydrogens (tertiary/aromatic N) is 1. The molecule has 2 unspecified atom stereocenters. The first-order valence-electron chi connectivity index (χ1n) is 3.89. The maximum atomic E-state index is 10.2. The molecular formula is C7H11N3O4. The highest BCUT2D eigenvalue weighted by atomic mass is 16.4. The van der Waals surface area contributed by atoms with Crippen molar-refractivity contribution in [2.75, 3.05) is 5.73 Å². The van der Waals surface area contributed by atoms with Crippen LogP contribution in [0.5, 0.6) is 0 Å². The van der Waals surface area contributed by atoms with Gasteiger partial charge in [0.25, 0.3) is 0 Å². The number of nitrogens with two attached hydrogens (primary N) is 1. The van der Waals surface area contributed by atoms with E-state index in [0.29, 0.717) is 0 Å². The van der Waals surface area contributed by atoms with Gasteiger partial charge in [-0.3, -0.25) is 9.89 Å². The molecule has 0 spiro atoms. The summed E-state index contributed by atoms with van der Waals surface area (Å²) in [6.45, 7) is 0. The minimum Gasteiger partial charge on any atom is -0.481 e. The average molecular weight is 201 g/mol. The molecule has 0 aliphatic carbocycles. The Morgan fingerprint density at radius 1 is 1.64 bits per heavy atom. The molecule has 0 fully saturated rings. The number of nitrogens with one attached hydrogen (secondary N) is 1. The summed E-state index contributed by atoms with van der Waals surface area (Å²) in [5.41, 5.74) is 5.57. The molecule has 7 nitrogen and oxygen atoms in total. The maximum Gasteiger partial charge on any atom is 0.306 e. The summed E-state index contributed by atoms with van der Waals surface area (Å²) in [5.74, 6) is -1.08. The number of aliphatic carboxylic acids is 1. The molecule has 78 valence electrons. The van der Waals surface area contributed by atoms with E-state index in [1.807, 2.05) is 0 Å². The van der Waals surface area contributed by atoms with Crippen LogP contribution >= 0.6 is 0 Å². The second-order valence-electron chi connectivity index (χ2n) is 2.85. The fourth-order valence-electron chi connectivity index (χ4n) is 1.04. The van der Waals surface area contributed by atoms with Crippen LogP contribution in [0.2, 0.25) is 0 Å². The highest BCUT2D eigenvalue weighted by Crippen LogP contribution is 2.22. The van der Waals surface area contributed by atoms with Crippen LogP contribution in [0.25, 0.3) is 0 Å². The Bertz CT molecular complexity index is 324. The van der Waals surface area contributed by atoms with Gasteiger partial charge in [0.2, 0.25) is 0 Å². The van der Waals surface area contributed by atoms with Crippen molar-refractivity contribution in [1.82, 2.24) is 10.2 Å². The summed E-state index contributed by atoms with van der Waals surface area (Å²) >= 11 is 0. The third-order valence-electron chi connectivity index (χ3n) is 1.77. The normalized spacial score (nSPS) is 15.0. The van der Waals surface area contributed by atoms with E-state index in [1.165, 1.54) is 6.20 Å². The molecule has 0 saturated heterocycles. The Morgan fingerprint density at radius 2 is 2.29 bits per heavy atom. The molecule has 2 atom stereocenters. The molecular weight excluding hydrogens is 190 g/mol. The van der Waals surface area contributed by atoms with E-state index >= 15 is 0 Å². The van der Waals surface area contributed by atoms with Crippen molar-refractivity contribution in [2.45, 2.75) is 18.6 Å². The van der Waals surface area contributed by atoms with Gasteiger partial charge >= 0.3 is 5.97 Å². The first-order chi connectivity index (χ1) is 6.52. The van der Waals surface area contributed by atoms with Gasteiger partial charge in [-0.15, -0.1) is 0 Å². The van der Waals surface area contributed by atoms with Crippen LogP contribution in [-0.4, -0.2) is 37.6 Å². The highest BCUT2D eigenvalue weighted by molar-refractivity contribution is 5.67. The molecule has 0 bridgehead atoms. The number of carboxylic acid groups (broad SMARTS) is 1. The summed E-state index contributed by atoms with van der Waals surface area (Å²) in [6.07, 6.45) is -2.05. The molecule has 1 aromatic rings. The van der Waals surface area contributed by atoms with Gasteiger partial charge in [0.15, 0.2) is 0 Å². The first kappa shape index (κ1) is 10.5. The van der Waals surface area contributed by atoms with Gasteiger partial charge < -0.3 is 21.1 Å². The Hall–Kier alpha value is -1.60. The third-order valence-corrected chi connectivity index (χ3v) is 1.77. The van der Waals surface area contributed by atoms with Crippen LogP contribution in [0.15, 0.2) is 6.20 Å². The standard InChI is InChI=1S/C7H11N3O4/c8-7-3(2-9-10-7)6(14)4(11)1-5(12)13/h2,4,6,11,14H,1H2,(H,12,13)(H3,8,9,10). The molecule has 1 rings (SSSR count). The number of aromatic amines is 1. The Morgan fingerprint density at radius 3 is 2.71 bits per heavy atom. The van der Waals surface area contributed by atoms with Crippen LogP contribution in [0.1, 0.15) is 18.1 Å². The lowest BCUT2D eigenvalue weighted by Gasteiger charge is -2.14. The van der Waals surface area contributed by atoms with Crippen molar-refractivity contribution in [2.24, 2.45) is 0 Å². The Kier molecular flexibility index (Phi) is 3.05. The second-order valence-corrected chi connectivity index (χ2v) is 2.85. The molecule has 0 aliphatic heterocycles. The number of aliphatic hydroxyl groups is 2. The lowest BCUT2D eigenvalue weighted by atomic mass is 10.1. The largest absolute Gasteiger partial charge is 0.481 e. The molecule has 0 saturated carbocycles. The molecule has 1 aromatic heterocycles. The summed E-state index contributed by atoms with van der Waals surface area (Å²) in [7, 11) is 0. The van der Waals surface area contributed by atoms with E-state index in [1.54, 1.807) is 0 Å². The number of anilines is 1. The van der Waals surface area contributed by atoms with Crippen molar-refractivity contribution in [3.05, 3.63) is 11.8 Å². The van der Waals surface area contributed by atoms with Crippen LogP contribution < -0.4 is 5.73 Å². The van der Waals surface area contributed by atoms with Gasteiger partial charge in [0.1, 0.15) is 11.9 Å². The smallest absolute Gasteiger partial charge is 0.306 e. The van der Waals surface area contributed by atoms with Crippen LogP contribution in [-0.2, 0) is 4.79 Å². The fraction of sp³-hybridized carbons (Fsp3) is 0.429. The molecule has 0 aliphatic rings. The minimum atomic E-state index is -1.40. The molecule has 0 amide bonds. The van der Waals surface area contributed by atoms with Crippen molar-refractivity contribution < 1.29 is 20.1 Å². The number of aliphatic hydroxyl groups excluding tert-OH is 2. The second kappa shape index (κ2) is 4.07. The Balaban J connectivity index is 2.70. The fourth-order valence-corrected chi connectivity index (χ4v) is 1.04. The number of hydrogen-bond donors (Lipinski definition) is 5. The monoisotopic (exact) mass is 201 g/mol. The molecule has 1 heterocycles. The van der Waals surface area contributed by atoms with Crippen molar-refractivity contribution in [1.29, 1.82) is 0 Å². The zero-order chi connectivity index (χ0) is 10.7. The average Bonchev–Trinajstić information content (AvgIpc) is 2.48. The van der Waals surface area contributed by atoms with Crippen LogP contribution in [0.3, 0.4) is 0 Å². The predicted molar refractivity (Wildman–Crippen MR) is 46.2 cm³/mol. The van der Waals surface area contributed by atoms with Crippen molar-refractivity contribution in [3.8, 4) is 0 Å². The van der Waals surface area contributed by atoms with Gasteiger partial charge in [0.05, 0.1) is 18.7 Å². The number of carboxylic acids is 1. The zero-order valence-corrected chi connectivity index (χ0v) is 7.21. The van der Waals surface area contributed by atoms with Gasteiger partial charge in [-0.1, -0.05) is 0 Å². The van der Waals surface area contributed by atoms with Crippen LogP contribution in [0, 0.1) is 0 Å². The number of H-pyrrole nitrogens is 1. The number of aromatic nitrogens is 2. The number of hydrogen-bond acceptors (Lipinski definition) is 5. The quantitative estimate of drug-likeness (QED) is 0.418. The highest BCUT2D eigenvalue weighted by Gasteiger charge is 2.23. The van der Waals surface area contributed by atoms with E-state index in [9.17, 15) is 15.0 Å². The first-order valence-corrected chi connectivity index (χ1v) is 3.89. The molecule has 0 aromatic carbocycles. The van der Waals surface area contributed by atoms with Gasteiger partial charge in [-0.25, -0.2) is 0 Å². The topological polar surface area (TPSA) is 132 Å². The lowest BCUT2D eigenvalue weighted by molar-refractivity contribution is -0.141. The van der Waals surface area contributed by atoms with E-state index in [2.05, 4.69) is 10.2 Å². The predicted octanol–water partition coefficient (Wildman–Crippen LogP) is -1.14. The van der Waals surface area contributed by atoms with Gasteiger partial charge in [0, 0.05) is 5.56 Å². The van der Waals surface area contributed by atoms with Gasteiger partial charge in [-0.05, 0) is 0 Å². The van der Waals surface area contributed by atoms with Crippen molar-refractivity contribution >= 4 is 11.8 Å².